The number of benzene rings is 1. The molecule has 3 aliphatic heterocycles. The van der Waals surface area contributed by atoms with Crippen LogP contribution in [0.25, 0.3) is 6.08 Å². The van der Waals surface area contributed by atoms with Crippen LogP contribution in [0.15, 0.2) is 42.3 Å². The fourth-order valence-electron chi connectivity index (χ4n) is 7.27. The summed E-state index contributed by atoms with van der Waals surface area (Å²) in [5.74, 6) is -2.52. The van der Waals surface area contributed by atoms with Crippen LogP contribution in [0.3, 0.4) is 0 Å². The minimum atomic E-state index is -3.87. The average molecular weight is 737 g/mol. The highest BCUT2D eigenvalue weighted by atomic mass is 32.2. The maximum absolute atomic E-state index is 14.4. The van der Waals surface area contributed by atoms with Crippen molar-refractivity contribution in [3.63, 3.8) is 0 Å². The van der Waals surface area contributed by atoms with Crippen LogP contribution in [-0.2, 0) is 48.7 Å². The number of rotatable bonds is 7. The molecule has 5 atom stereocenters. The molecular weight excluding hydrogens is 693 g/mol. The minimum Gasteiger partial charge on any atom is -0.444 e. The first kappa shape index (κ1) is 35.2. The van der Waals surface area contributed by atoms with Crippen molar-refractivity contribution < 1.29 is 32.3 Å². The average Bonchev–Trinajstić information content (AvgIpc) is 3.91. The SMILES string of the molecule is C=CC1C[C@]1(NC(=O)[C@@H]1C[C@@H]2CN1C(=O)[C@H](C(C)C)Nc1nc(cs1)CCC/C=C/c1cccc3c1CN(C3)C(=O)O2)C(=O)NS(=O)(=O)C1CC1. The summed E-state index contributed by atoms with van der Waals surface area (Å²) >= 11 is 1.41. The van der Waals surface area contributed by atoms with Crippen molar-refractivity contribution in [2.45, 2.75) is 101 Å². The number of carbonyl (C=O) groups is 4. The number of hydrogen-bond donors (Lipinski definition) is 3. The summed E-state index contributed by atoms with van der Waals surface area (Å²) in [7, 11) is -3.87. The molecule has 2 aliphatic carbocycles. The second-order valence-electron chi connectivity index (χ2n) is 14.6. The van der Waals surface area contributed by atoms with Gasteiger partial charge in [0.2, 0.25) is 21.8 Å². The predicted octanol–water partition coefficient (Wildman–Crippen LogP) is 3.72. The largest absolute Gasteiger partial charge is 0.444 e. The number of nitrogens with one attached hydrogen (secondary N) is 3. The number of anilines is 1. The highest BCUT2D eigenvalue weighted by Crippen LogP contribution is 2.45. The quantitative estimate of drug-likeness (QED) is 0.359. The summed E-state index contributed by atoms with van der Waals surface area (Å²) in [6.07, 6.45) is 8.05. The van der Waals surface area contributed by atoms with Crippen molar-refractivity contribution in [2.24, 2.45) is 11.8 Å². The van der Waals surface area contributed by atoms with Crippen LogP contribution >= 0.6 is 11.3 Å². The highest BCUT2D eigenvalue weighted by molar-refractivity contribution is 7.91. The minimum absolute atomic E-state index is 0.00112. The Morgan fingerprint density at radius 2 is 2.02 bits per heavy atom. The Morgan fingerprint density at radius 3 is 2.75 bits per heavy atom. The van der Waals surface area contributed by atoms with Gasteiger partial charge in [-0.15, -0.1) is 17.9 Å². The number of aryl methyl sites for hydroxylation is 1. The summed E-state index contributed by atoms with van der Waals surface area (Å²) < 4.78 is 33.5. The molecule has 51 heavy (non-hydrogen) atoms. The molecule has 1 saturated heterocycles. The van der Waals surface area contributed by atoms with Crippen LogP contribution < -0.4 is 15.4 Å². The molecule has 4 amide bonds. The third-order valence-electron chi connectivity index (χ3n) is 10.5. The molecule has 5 aliphatic rings. The molecule has 13 nitrogen and oxygen atoms in total. The van der Waals surface area contributed by atoms with Crippen molar-refractivity contribution in [1.29, 1.82) is 0 Å². The monoisotopic (exact) mass is 736 g/mol. The van der Waals surface area contributed by atoms with Gasteiger partial charge in [-0.2, -0.15) is 0 Å². The molecule has 2 aromatic rings. The van der Waals surface area contributed by atoms with Crippen LogP contribution in [0, 0.1) is 11.8 Å². The zero-order chi connectivity index (χ0) is 36.1. The van der Waals surface area contributed by atoms with Gasteiger partial charge < -0.3 is 20.3 Å². The molecule has 1 aromatic carbocycles. The van der Waals surface area contributed by atoms with Crippen LogP contribution in [0.5, 0.6) is 0 Å². The molecule has 15 heteroatoms. The molecule has 0 radical (unpaired) electrons. The number of fused-ring (bicyclic) bond motifs is 5. The van der Waals surface area contributed by atoms with Gasteiger partial charge in [-0.25, -0.2) is 18.2 Å². The second kappa shape index (κ2) is 13.7. The Kier molecular flexibility index (Phi) is 9.46. The van der Waals surface area contributed by atoms with Crippen LogP contribution in [0.2, 0.25) is 0 Å². The lowest BCUT2D eigenvalue weighted by atomic mass is 10.0. The van der Waals surface area contributed by atoms with Crippen molar-refractivity contribution in [2.75, 3.05) is 11.9 Å². The Labute approximate surface area is 301 Å². The first-order valence-corrected chi connectivity index (χ1v) is 20.1. The van der Waals surface area contributed by atoms with E-state index in [4.69, 9.17) is 9.72 Å². The van der Waals surface area contributed by atoms with E-state index in [1.54, 1.807) is 4.90 Å². The van der Waals surface area contributed by atoms with Crippen molar-refractivity contribution in [3.8, 4) is 0 Å². The third-order valence-corrected chi connectivity index (χ3v) is 13.1. The van der Waals surface area contributed by atoms with Gasteiger partial charge in [-0.1, -0.05) is 50.3 Å². The van der Waals surface area contributed by atoms with Gasteiger partial charge in [0.15, 0.2) is 5.13 Å². The molecule has 1 aromatic heterocycles. The number of aromatic nitrogens is 1. The Balaban J connectivity index is 1.17. The third kappa shape index (κ3) is 7.14. The maximum atomic E-state index is 14.4. The number of amides is 4. The molecule has 272 valence electrons. The summed E-state index contributed by atoms with van der Waals surface area (Å²) in [5.41, 5.74) is 2.55. The molecule has 1 unspecified atom stereocenters. The van der Waals surface area contributed by atoms with Crippen molar-refractivity contribution in [1.82, 2.24) is 24.8 Å². The van der Waals surface area contributed by atoms with Gasteiger partial charge in [0.1, 0.15) is 23.7 Å². The fraction of sp³-hybridized carbons (Fsp3) is 0.528. The Hall–Kier alpha value is -4.24. The van der Waals surface area contributed by atoms with Crippen molar-refractivity contribution >= 4 is 56.4 Å². The van der Waals surface area contributed by atoms with Gasteiger partial charge in [-0.3, -0.25) is 24.0 Å². The number of nitrogens with zero attached hydrogens (tertiary/aromatic N) is 3. The predicted molar refractivity (Wildman–Crippen MR) is 192 cm³/mol. The van der Waals surface area contributed by atoms with E-state index in [2.05, 4.69) is 34.1 Å². The fourth-order valence-corrected chi connectivity index (χ4v) is 9.42. The van der Waals surface area contributed by atoms with E-state index in [1.165, 1.54) is 22.3 Å². The van der Waals surface area contributed by atoms with E-state index >= 15 is 0 Å². The van der Waals surface area contributed by atoms with Gasteiger partial charge >= 0.3 is 6.09 Å². The zero-order valence-electron chi connectivity index (χ0n) is 28.8. The molecule has 0 spiro atoms. The molecule has 4 heterocycles. The normalized spacial score (nSPS) is 28.5. The van der Waals surface area contributed by atoms with E-state index in [0.29, 0.717) is 31.1 Å². The van der Waals surface area contributed by atoms with Gasteiger partial charge in [0, 0.05) is 24.3 Å². The number of carbonyl (C=O) groups excluding carboxylic acids is 4. The number of hydrogen-bond acceptors (Lipinski definition) is 10. The standard InChI is InChI=1S/C36H44N6O7S2/c1-4-24-16-36(24,33(45)40-51(47,48)27-13-14-27)39-31(43)29-15-26-18-42(29)32(44)30(21(2)3)38-34-37-25(20-50-34)12-7-5-6-9-22-10-8-11-23-17-41(19-28(22)23)35(46)49-26/h4,6,8-11,20-21,24,26-27,29-30H,1,5,7,12-19H2,2-3H3,(H,37,38)(H,39,43)(H,40,45)/b9-6+/t24?,26-,29+,30+,36-/m1/s1. The number of sulfonamides is 1. The van der Waals surface area contributed by atoms with Crippen LogP contribution in [0.4, 0.5) is 9.93 Å². The zero-order valence-corrected chi connectivity index (χ0v) is 30.4. The lowest BCUT2D eigenvalue weighted by Gasteiger charge is -2.31. The number of thiazole rings is 1. The molecule has 7 rings (SSSR count). The highest BCUT2D eigenvalue weighted by Gasteiger charge is 2.62. The smallest absolute Gasteiger partial charge is 0.410 e. The first-order chi connectivity index (χ1) is 24.4. The lowest BCUT2D eigenvalue weighted by molar-refractivity contribution is -0.140. The number of allylic oxidation sites excluding steroid dienone is 1. The summed E-state index contributed by atoms with van der Waals surface area (Å²) in [5, 5.41) is 8.05. The lowest BCUT2D eigenvalue weighted by Crippen LogP contribution is -2.58. The van der Waals surface area contributed by atoms with Gasteiger partial charge in [-0.05, 0) is 61.1 Å². The topological polar surface area (TPSA) is 167 Å². The van der Waals surface area contributed by atoms with E-state index in [1.807, 2.05) is 37.4 Å². The van der Waals surface area contributed by atoms with E-state index in [9.17, 15) is 27.6 Å². The van der Waals surface area contributed by atoms with Gasteiger partial charge in [0.05, 0.1) is 24.0 Å². The molecule has 6 bridgehead atoms. The summed E-state index contributed by atoms with van der Waals surface area (Å²) in [4.78, 5) is 63.4. The molecule has 3 fully saturated rings. The summed E-state index contributed by atoms with van der Waals surface area (Å²) in [6, 6.07) is 4.17. The van der Waals surface area contributed by atoms with E-state index < -0.39 is 62.8 Å². The van der Waals surface area contributed by atoms with E-state index in [-0.39, 0.29) is 31.2 Å². The summed E-state index contributed by atoms with van der Waals surface area (Å²) in [6.45, 7) is 8.29. The molecule has 2 saturated carbocycles. The maximum Gasteiger partial charge on any atom is 0.410 e. The van der Waals surface area contributed by atoms with Crippen LogP contribution in [0.1, 0.15) is 74.8 Å². The Morgan fingerprint density at radius 1 is 1.22 bits per heavy atom. The first-order valence-electron chi connectivity index (χ1n) is 17.6. The van der Waals surface area contributed by atoms with Crippen molar-refractivity contribution in [3.05, 3.63) is 64.7 Å². The molecule has 3 N–H and O–H groups in total. The van der Waals surface area contributed by atoms with Crippen LogP contribution in [-0.4, -0.2) is 82.5 Å². The van der Waals surface area contributed by atoms with Gasteiger partial charge in [0.25, 0.3) is 5.91 Å². The second-order valence-corrected chi connectivity index (χ2v) is 17.4. The molecular formula is C36H44N6O7S2. The Bertz CT molecular complexity index is 1890. The van der Waals surface area contributed by atoms with E-state index in [0.717, 1.165) is 41.6 Å². The number of ether oxygens (including phenoxy) is 1.